The molecule has 4 rings (SSSR count). The predicted octanol–water partition coefficient (Wildman–Crippen LogP) is 2.84. The third kappa shape index (κ3) is 3.69. The summed E-state index contributed by atoms with van der Waals surface area (Å²) in [5.41, 5.74) is 1.19. The molecule has 30 heavy (non-hydrogen) atoms. The molecule has 7 nitrogen and oxygen atoms in total. The van der Waals surface area contributed by atoms with E-state index in [0.29, 0.717) is 17.9 Å². The summed E-state index contributed by atoms with van der Waals surface area (Å²) in [5.74, 6) is 1.12. The highest BCUT2D eigenvalue weighted by atomic mass is 16.5. The summed E-state index contributed by atoms with van der Waals surface area (Å²) in [4.78, 5) is 25.2. The molecule has 0 atom stereocenters. The maximum atomic E-state index is 12.7. The quantitative estimate of drug-likeness (QED) is 0.538. The van der Waals surface area contributed by atoms with E-state index in [1.54, 1.807) is 20.2 Å². The number of aromatic nitrogens is 3. The van der Waals surface area contributed by atoms with Crippen molar-refractivity contribution in [2.75, 3.05) is 13.7 Å². The smallest absolute Gasteiger partial charge is 0.345 e. The number of amides is 1. The van der Waals surface area contributed by atoms with E-state index in [1.807, 2.05) is 60.7 Å². The maximum absolute atomic E-state index is 12.7. The van der Waals surface area contributed by atoms with Crippen molar-refractivity contribution in [1.82, 2.24) is 19.7 Å². The van der Waals surface area contributed by atoms with Crippen molar-refractivity contribution in [2.45, 2.75) is 6.54 Å². The summed E-state index contributed by atoms with van der Waals surface area (Å²) >= 11 is 0. The van der Waals surface area contributed by atoms with E-state index in [4.69, 9.17) is 4.74 Å². The molecule has 152 valence electrons. The number of carbonyl (C=O) groups excluding carboxylic acids is 1. The SMILES string of the molecule is COc1ccc(-c2nn(CCNC(=O)c3cccc4ccccc34)c(=O)n2C)cc1. The number of hydrogen-bond donors (Lipinski definition) is 1. The van der Waals surface area contributed by atoms with Gasteiger partial charge >= 0.3 is 5.69 Å². The van der Waals surface area contributed by atoms with Gasteiger partial charge in [0.15, 0.2) is 5.82 Å². The molecule has 4 aromatic rings. The first-order chi connectivity index (χ1) is 14.6. The van der Waals surface area contributed by atoms with Crippen molar-refractivity contribution in [3.63, 3.8) is 0 Å². The highest BCUT2D eigenvalue weighted by Crippen LogP contribution is 2.20. The number of nitrogens with one attached hydrogen (secondary N) is 1. The van der Waals surface area contributed by atoms with Crippen LogP contribution in [0.1, 0.15) is 10.4 Å². The van der Waals surface area contributed by atoms with Crippen molar-refractivity contribution < 1.29 is 9.53 Å². The Balaban J connectivity index is 1.47. The molecule has 0 spiro atoms. The van der Waals surface area contributed by atoms with Crippen molar-refractivity contribution >= 4 is 16.7 Å². The van der Waals surface area contributed by atoms with Crippen LogP contribution >= 0.6 is 0 Å². The Morgan fingerprint density at radius 1 is 1.03 bits per heavy atom. The molecule has 1 amide bonds. The van der Waals surface area contributed by atoms with Crippen LogP contribution in [0.5, 0.6) is 5.75 Å². The molecule has 1 heterocycles. The molecule has 0 fully saturated rings. The number of fused-ring (bicyclic) bond motifs is 1. The minimum atomic E-state index is -0.236. The highest BCUT2D eigenvalue weighted by molar-refractivity contribution is 6.06. The molecular weight excluding hydrogens is 380 g/mol. The van der Waals surface area contributed by atoms with Gasteiger partial charge in [-0.1, -0.05) is 36.4 Å². The minimum Gasteiger partial charge on any atom is -0.497 e. The average Bonchev–Trinajstić information content (AvgIpc) is 3.07. The van der Waals surface area contributed by atoms with Gasteiger partial charge in [0.05, 0.1) is 13.7 Å². The fourth-order valence-corrected chi connectivity index (χ4v) is 3.42. The van der Waals surface area contributed by atoms with Gasteiger partial charge < -0.3 is 10.1 Å². The highest BCUT2D eigenvalue weighted by Gasteiger charge is 2.13. The van der Waals surface area contributed by atoms with E-state index >= 15 is 0 Å². The van der Waals surface area contributed by atoms with E-state index in [2.05, 4.69) is 10.4 Å². The van der Waals surface area contributed by atoms with Crippen LogP contribution in [0.3, 0.4) is 0 Å². The first-order valence-corrected chi connectivity index (χ1v) is 9.62. The first kappa shape index (κ1) is 19.4. The Labute approximate surface area is 173 Å². The molecule has 0 saturated carbocycles. The zero-order chi connectivity index (χ0) is 21.1. The summed E-state index contributed by atoms with van der Waals surface area (Å²) in [5, 5.41) is 9.22. The van der Waals surface area contributed by atoms with Crippen LogP contribution in [0.15, 0.2) is 71.5 Å². The fourth-order valence-electron chi connectivity index (χ4n) is 3.42. The topological polar surface area (TPSA) is 78.2 Å². The second-order valence-corrected chi connectivity index (χ2v) is 6.90. The summed E-state index contributed by atoms with van der Waals surface area (Å²) < 4.78 is 8.03. The Hall–Kier alpha value is -3.87. The average molecular weight is 402 g/mol. The van der Waals surface area contributed by atoms with Crippen LogP contribution in [0.2, 0.25) is 0 Å². The van der Waals surface area contributed by atoms with Gasteiger partial charge in [-0.2, -0.15) is 0 Å². The molecule has 7 heteroatoms. The molecule has 0 aliphatic rings. The van der Waals surface area contributed by atoms with Gasteiger partial charge in [0.2, 0.25) is 0 Å². The zero-order valence-corrected chi connectivity index (χ0v) is 16.8. The van der Waals surface area contributed by atoms with Crippen molar-refractivity contribution in [2.24, 2.45) is 7.05 Å². The Morgan fingerprint density at radius 3 is 2.53 bits per heavy atom. The molecular formula is C23H22N4O3. The van der Waals surface area contributed by atoms with Gasteiger partial charge in [-0.15, -0.1) is 5.10 Å². The summed E-state index contributed by atoms with van der Waals surface area (Å²) in [6.07, 6.45) is 0. The molecule has 0 radical (unpaired) electrons. The second kappa shape index (κ2) is 8.24. The lowest BCUT2D eigenvalue weighted by atomic mass is 10.0. The third-order valence-electron chi connectivity index (χ3n) is 5.03. The lowest BCUT2D eigenvalue weighted by molar-refractivity contribution is 0.0953. The lowest BCUT2D eigenvalue weighted by Gasteiger charge is -2.08. The Morgan fingerprint density at radius 2 is 1.77 bits per heavy atom. The summed E-state index contributed by atoms with van der Waals surface area (Å²) in [7, 11) is 3.28. The van der Waals surface area contributed by atoms with Crippen molar-refractivity contribution in [1.29, 1.82) is 0 Å². The van der Waals surface area contributed by atoms with Gasteiger partial charge in [0.1, 0.15) is 5.75 Å². The van der Waals surface area contributed by atoms with Gasteiger partial charge in [0, 0.05) is 24.7 Å². The van der Waals surface area contributed by atoms with Crippen LogP contribution in [0, 0.1) is 0 Å². The normalized spacial score (nSPS) is 10.9. The number of ether oxygens (including phenoxy) is 1. The molecule has 0 aliphatic carbocycles. The van der Waals surface area contributed by atoms with Crippen molar-refractivity contribution in [3.8, 4) is 17.1 Å². The maximum Gasteiger partial charge on any atom is 0.345 e. The number of benzene rings is 3. The molecule has 0 saturated heterocycles. The van der Waals surface area contributed by atoms with Gasteiger partial charge in [-0.3, -0.25) is 9.36 Å². The third-order valence-corrected chi connectivity index (χ3v) is 5.03. The second-order valence-electron chi connectivity index (χ2n) is 6.90. The number of rotatable bonds is 6. The molecule has 0 aliphatic heterocycles. The number of nitrogens with zero attached hydrogens (tertiary/aromatic N) is 3. The van der Waals surface area contributed by atoms with Crippen LogP contribution in [-0.2, 0) is 13.6 Å². The monoisotopic (exact) mass is 402 g/mol. The lowest BCUT2D eigenvalue weighted by Crippen LogP contribution is -2.31. The van der Waals surface area contributed by atoms with Gasteiger partial charge in [0.25, 0.3) is 5.91 Å². The van der Waals surface area contributed by atoms with Gasteiger partial charge in [-0.05, 0) is 41.1 Å². The summed E-state index contributed by atoms with van der Waals surface area (Å²) in [6, 6.07) is 20.7. The van der Waals surface area contributed by atoms with Crippen molar-refractivity contribution in [3.05, 3.63) is 82.8 Å². The molecule has 0 unspecified atom stereocenters. The van der Waals surface area contributed by atoms with Crippen LogP contribution in [0.4, 0.5) is 0 Å². The molecule has 3 aromatic carbocycles. The predicted molar refractivity (Wildman–Crippen MR) is 116 cm³/mol. The van der Waals surface area contributed by atoms with Crippen LogP contribution in [-0.4, -0.2) is 33.9 Å². The van der Waals surface area contributed by atoms with Crippen LogP contribution in [0.25, 0.3) is 22.2 Å². The van der Waals surface area contributed by atoms with E-state index in [-0.39, 0.29) is 18.1 Å². The van der Waals surface area contributed by atoms with E-state index in [9.17, 15) is 9.59 Å². The fraction of sp³-hybridized carbons (Fsp3) is 0.174. The molecule has 0 bridgehead atoms. The Bertz CT molecular complexity index is 1250. The number of methoxy groups -OCH3 is 1. The minimum absolute atomic E-state index is 0.175. The zero-order valence-electron chi connectivity index (χ0n) is 16.8. The molecule has 1 N–H and O–H groups in total. The largest absolute Gasteiger partial charge is 0.497 e. The van der Waals surface area contributed by atoms with E-state index in [1.165, 1.54) is 9.25 Å². The van der Waals surface area contributed by atoms with E-state index in [0.717, 1.165) is 22.1 Å². The molecule has 1 aromatic heterocycles. The first-order valence-electron chi connectivity index (χ1n) is 9.62. The standard InChI is InChI=1S/C23H22N4O3/c1-26-21(17-10-12-18(30-2)13-11-17)25-27(23(26)29)15-14-24-22(28)20-9-5-7-16-6-3-4-8-19(16)20/h3-13H,14-15H2,1-2H3,(H,24,28). The van der Waals surface area contributed by atoms with Crippen LogP contribution < -0.4 is 15.7 Å². The number of hydrogen-bond acceptors (Lipinski definition) is 4. The van der Waals surface area contributed by atoms with E-state index < -0.39 is 0 Å². The summed E-state index contributed by atoms with van der Waals surface area (Å²) in [6.45, 7) is 0.570. The Kier molecular flexibility index (Phi) is 5.34. The van der Waals surface area contributed by atoms with Gasteiger partial charge in [-0.25, -0.2) is 9.48 Å². The number of carbonyl (C=O) groups is 1.